The maximum absolute atomic E-state index is 13.0. The first kappa shape index (κ1) is 23.1. The lowest BCUT2D eigenvalue weighted by molar-refractivity contribution is 0.0198. The van der Waals surface area contributed by atoms with Gasteiger partial charge in [-0.25, -0.2) is 9.78 Å². The lowest BCUT2D eigenvalue weighted by atomic mass is 10.1. The van der Waals surface area contributed by atoms with Crippen molar-refractivity contribution in [1.29, 1.82) is 0 Å². The van der Waals surface area contributed by atoms with Crippen LogP contribution in [0.1, 0.15) is 57.2 Å². The molecule has 0 fully saturated rings. The summed E-state index contributed by atoms with van der Waals surface area (Å²) in [6.07, 6.45) is 0.495. The van der Waals surface area contributed by atoms with Gasteiger partial charge in [0.1, 0.15) is 11.4 Å². The standard InChI is InChI=1S/C23H31ClN4O3/c1-15(2)10-11-25-21(29)19-18-14-27(22(30)31-23(3,4)5)12-13-28(18)20(26-19)16-6-8-17(24)9-7-16/h6-9,15H,10-14H2,1-5H3,(H,25,29). The van der Waals surface area contributed by atoms with Crippen LogP contribution in [0.2, 0.25) is 5.02 Å². The number of halogens is 1. The summed E-state index contributed by atoms with van der Waals surface area (Å²) in [4.78, 5) is 31.9. The van der Waals surface area contributed by atoms with E-state index in [1.54, 1.807) is 17.0 Å². The van der Waals surface area contributed by atoms with Crippen molar-refractivity contribution in [3.8, 4) is 11.4 Å². The van der Waals surface area contributed by atoms with Gasteiger partial charge in [-0.2, -0.15) is 0 Å². The Morgan fingerprint density at radius 2 is 1.87 bits per heavy atom. The van der Waals surface area contributed by atoms with Crippen LogP contribution in [0.4, 0.5) is 4.79 Å². The van der Waals surface area contributed by atoms with Gasteiger partial charge in [-0.3, -0.25) is 4.79 Å². The summed E-state index contributed by atoms with van der Waals surface area (Å²) < 4.78 is 7.55. The topological polar surface area (TPSA) is 76.5 Å². The van der Waals surface area contributed by atoms with Gasteiger partial charge in [0.25, 0.3) is 5.91 Å². The maximum atomic E-state index is 13.0. The Labute approximate surface area is 188 Å². The highest BCUT2D eigenvalue weighted by molar-refractivity contribution is 6.30. The predicted octanol–water partition coefficient (Wildman–Crippen LogP) is 4.73. The lowest BCUT2D eigenvalue weighted by Crippen LogP contribution is -2.42. The molecule has 31 heavy (non-hydrogen) atoms. The number of carbonyl (C=O) groups is 2. The van der Waals surface area contributed by atoms with Crippen molar-refractivity contribution in [3.63, 3.8) is 0 Å². The van der Waals surface area contributed by atoms with E-state index in [1.807, 2.05) is 37.5 Å². The third-order valence-electron chi connectivity index (χ3n) is 4.98. The van der Waals surface area contributed by atoms with E-state index in [0.717, 1.165) is 12.0 Å². The smallest absolute Gasteiger partial charge is 0.410 e. The number of imidazole rings is 1. The monoisotopic (exact) mass is 446 g/mol. The summed E-state index contributed by atoms with van der Waals surface area (Å²) in [5.41, 5.74) is 1.35. The van der Waals surface area contributed by atoms with Gasteiger partial charge >= 0.3 is 6.09 Å². The van der Waals surface area contributed by atoms with Crippen LogP contribution in [-0.4, -0.2) is 45.1 Å². The summed E-state index contributed by atoms with van der Waals surface area (Å²) >= 11 is 6.04. The molecule has 7 nitrogen and oxygen atoms in total. The van der Waals surface area contributed by atoms with E-state index >= 15 is 0 Å². The number of fused-ring (bicyclic) bond motifs is 1. The molecule has 3 rings (SSSR count). The molecule has 2 heterocycles. The molecule has 1 aromatic carbocycles. The van der Waals surface area contributed by atoms with E-state index in [9.17, 15) is 9.59 Å². The first-order valence-corrected chi connectivity index (χ1v) is 11.0. The molecule has 8 heteroatoms. The van der Waals surface area contributed by atoms with Crippen molar-refractivity contribution in [2.75, 3.05) is 13.1 Å². The Bertz CT molecular complexity index is 945. The molecule has 0 saturated heterocycles. The Balaban J connectivity index is 1.92. The predicted molar refractivity (Wildman–Crippen MR) is 121 cm³/mol. The van der Waals surface area contributed by atoms with E-state index in [0.29, 0.717) is 47.8 Å². The second-order valence-electron chi connectivity index (χ2n) is 9.23. The van der Waals surface area contributed by atoms with E-state index in [-0.39, 0.29) is 18.5 Å². The molecule has 0 atom stereocenters. The number of aromatic nitrogens is 2. The first-order chi connectivity index (χ1) is 14.5. The molecule has 168 valence electrons. The van der Waals surface area contributed by atoms with Crippen LogP contribution < -0.4 is 5.32 Å². The summed E-state index contributed by atoms with van der Waals surface area (Å²) in [5, 5.41) is 3.60. The van der Waals surface area contributed by atoms with Crippen LogP contribution >= 0.6 is 11.6 Å². The Kier molecular flexibility index (Phi) is 6.94. The van der Waals surface area contributed by atoms with Crippen molar-refractivity contribution >= 4 is 23.6 Å². The van der Waals surface area contributed by atoms with Crippen molar-refractivity contribution in [1.82, 2.24) is 19.8 Å². The maximum Gasteiger partial charge on any atom is 0.410 e. The van der Waals surface area contributed by atoms with Crippen molar-refractivity contribution in [3.05, 3.63) is 40.7 Å². The van der Waals surface area contributed by atoms with Gasteiger partial charge in [-0.05, 0) is 57.4 Å². The van der Waals surface area contributed by atoms with E-state index in [1.165, 1.54) is 0 Å². The zero-order chi connectivity index (χ0) is 22.8. The zero-order valence-electron chi connectivity index (χ0n) is 18.9. The SMILES string of the molecule is CC(C)CCNC(=O)c1nc(-c2ccc(Cl)cc2)n2c1CN(C(=O)OC(C)(C)C)CC2. The van der Waals surface area contributed by atoms with Crippen LogP contribution in [0, 0.1) is 5.92 Å². The van der Waals surface area contributed by atoms with Gasteiger partial charge in [-0.15, -0.1) is 0 Å². The highest BCUT2D eigenvalue weighted by Crippen LogP contribution is 2.28. The van der Waals surface area contributed by atoms with Gasteiger partial charge in [-0.1, -0.05) is 25.4 Å². The zero-order valence-corrected chi connectivity index (χ0v) is 19.6. The number of rotatable bonds is 5. The summed E-state index contributed by atoms with van der Waals surface area (Å²) in [6.45, 7) is 11.6. The summed E-state index contributed by atoms with van der Waals surface area (Å²) in [7, 11) is 0. The van der Waals surface area contributed by atoms with Gasteiger partial charge < -0.3 is 19.5 Å². The fraction of sp³-hybridized carbons (Fsp3) is 0.522. The average molecular weight is 447 g/mol. The fourth-order valence-corrected chi connectivity index (χ4v) is 3.54. The second-order valence-corrected chi connectivity index (χ2v) is 9.67. The number of nitrogens with zero attached hydrogens (tertiary/aromatic N) is 3. The van der Waals surface area contributed by atoms with Crippen LogP contribution in [0.3, 0.4) is 0 Å². The molecule has 0 radical (unpaired) electrons. The van der Waals surface area contributed by atoms with Gasteiger partial charge in [0.15, 0.2) is 5.69 Å². The van der Waals surface area contributed by atoms with E-state index in [2.05, 4.69) is 24.1 Å². The Morgan fingerprint density at radius 3 is 2.48 bits per heavy atom. The Hall–Kier alpha value is -2.54. The molecule has 0 unspecified atom stereocenters. The molecule has 0 bridgehead atoms. The van der Waals surface area contributed by atoms with Crippen molar-refractivity contribution < 1.29 is 14.3 Å². The van der Waals surface area contributed by atoms with Crippen LogP contribution in [0.15, 0.2) is 24.3 Å². The highest BCUT2D eigenvalue weighted by Gasteiger charge is 2.31. The van der Waals surface area contributed by atoms with Crippen LogP contribution in [0.5, 0.6) is 0 Å². The number of hydrogen-bond acceptors (Lipinski definition) is 4. The number of hydrogen-bond donors (Lipinski definition) is 1. The molecule has 1 aliphatic heterocycles. The van der Waals surface area contributed by atoms with Gasteiger partial charge in [0.05, 0.1) is 12.2 Å². The minimum absolute atomic E-state index is 0.226. The molecule has 1 N–H and O–H groups in total. The molecule has 0 saturated carbocycles. The molecule has 2 amide bonds. The largest absolute Gasteiger partial charge is 0.444 e. The highest BCUT2D eigenvalue weighted by atomic mass is 35.5. The lowest BCUT2D eigenvalue weighted by Gasteiger charge is -2.31. The average Bonchev–Trinajstić information content (AvgIpc) is 3.06. The Morgan fingerprint density at radius 1 is 1.19 bits per heavy atom. The van der Waals surface area contributed by atoms with Crippen LogP contribution in [0.25, 0.3) is 11.4 Å². The number of benzene rings is 1. The molecule has 1 aliphatic rings. The summed E-state index contributed by atoms with van der Waals surface area (Å²) in [6, 6.07) is 7.38. The van der Waals surface area contributed by atoms with Gasteiger partial charge in [0.2, 0.25) is 0 Å². The van der Waals surface area contributed by atoms with E-state index in [4.69, 9.17) is 16.3 Å². The third-order valence-corrected chi connectivity index (χ3v) is 5.24. The molecule has 0 spiro atoms. The number of ether oxygens (including phenoxy) is 1. The number of carbonyl (C=O) groups excluding carboxylic acids is 2. The van der Waals surface area contributed by atoms with Crippen molar-refractivity contribution in [2.24, 2.45) is 5.92 Å². The van der Waals surface area contributed by atoms with Crippen molar-refractivity contribution in [2.45, 2.75) is 59.7 Å². The number of amides is 2. The molecular weight excluding hydrogens is 416 g/mol. The normalized spacial score (nSPS) is 13.8. The minimum atomic E-state index is -0.583. The minimum Gasteiger partial charge on any atom is -0.444 e. The van der Waals surface area contributed by atoms with Gasteiger partial charge in [0, 0.05) is 30.2 Å². The first-order valence-electron chi connectivity index (χ1n) is 10.7. The molecular formula is C23H31ClN4O3. The van der Waals surface area contributed by atoms with Crippen LogP contribution in [-0.2, 0) is 17.8 Å². The van der Waals surface area contributed by atoms with E-state index < -0.39 is 5.60 Å². The third kappa shape index (κ3) is 5.79. The molecule has 2 aromatic rings. The number of nitrogens with one attached hydrogen (secondary N) is 1. The summed E-state index contributed by atoms with van der Waals surface area (Å²) in [5.74, 6) is 0.962. The quantitative estimate of drug-likeness (QED) is 0.720. The second kappa shape index (κ2) is 9.30. The molecule has 0 aliphatic carbocycles. The molecule has 1 aromatic heterocycles. The fourth-order valence-electron chi connectivity index (χ4n) is 3.41.